The number of aromatic nitrogens is 5. The van der Waals surface area contributed by atoms with Crippen LogP contribution in [-0.2, 0) is 4.74 Å². The molecule has 1 saturated carbocycles. The lowest BCUT2D eigenvalue weighted by Gasteiger charge is -2.26. The molecule has 32 heavy (non-hydrogen) atoms. The minimum Gasteiger partial charge on any atom is -0.378 e. The fraction of sp³-hybridized carbons (Fsp3) is 0.304. The second-order valence-electron chi connectivity index (χ2n) is 8.21. The Balaban J connectivity index is 1.28. The number of benzene rings is 1. The average molecular weight is 429 g/mol. The van der Waals surface area contributed by atoms with Crippen LogP contribution in [0, 0.1) is 0 Å². The first kappa shape index (κ1) is 19.0. The van der Waals surface area contributed by atoms with Gasteiger partial charge in [-0.05, 0) is 25.0 Å². The quantitative estimate of drug-likeness (QED) is 0.505. The molecule has 6 rings (SSSR count). The maximum atomic E-state index is 12.7. The Morgan fingerprint density at radius 3 is 2.72 bits per heavy atom. The summed E-state index contributed by atoms with van der Waals surface area (Å²) in [6, 6.07) is 11.5. The number of hydrogen-bond donors (Lipinski definition) is 2. The predicted molar refractivity (Wildman–Crippen MR) is 119 cm³/mol. The number of ether oxygens (including phenoxy) is 1. The van der Waals surface area contributed by atoms with Crippen molar-refractivity contribution in [2.45, 2.75) is 18.8 Å². The van der Waals surface area contributed by atoms with E-state index >= 15 is 0 Å². The Bertz CT molecular complexity index is 1270. The summed E-state index contributed by atoms with van der Waals surface area (Å²) in [6.45, 7) is 2.44. The Kier molecular flexibility index (Phi) is 4.61. The predicted octanol–water partition coefficient (Wildman–Crippen LogP) is 3.21. The molecule has 9 heteroatoms. The molecule has 1 aromatic carbocycles. The van der Waals surface area contributed by atoms with Crippen molar-refractivity contribution in [3.63, 3.8) is 0 Å². The standard InChI is InChI=1S/C23H23N7O2/c31-22(29-9-11-32-12-10-29)17-5-3-15(4-6-17)18-14-21-24-7-8-30(21)23(25-18)26-20-13-19(27-28-20)16-1-2-16/h3-8,13-14,16H,1-2,9-12H2,(H2,25,26,27,28). The fourth-order valence-corrected chi connectivity index (χ4v) is 4.01. The van der Waals surface area contributed by atoms with Crippen molar-refractivity contribution in [3.05, 3.63) is 60.0 Å². The van der Waals surface area contributed by atoms with Crippen molar-refractivity contribution in [2.75, 3.05) is 31.6 Å². The molecule has 1 aliphatic carbocycles. The molecule has 1 saturated heterocycles. The summed E-state index contributed by atoms with van der Waals surface area (Å²) in [6.07, 6.45) is 6.04. The van der Waals surface area contributed by atoms with Crippen LogP contribution in [0.25, 0.3) is 16.9 Å². The van der Waals surface area contributed by atoms with Gasteiger partial charge in [0.1, 0.15) is 5.65 Å². The third-order valence-corrected chi connectivity index (χ3v) is 5.97. The van der Waals surface area contributed by atoms with Crippen LogP contribution in [0.1, 0.15) is 34.8 Å². The molecule has 9 nitrogen and oxygen atoms in total. The number of hydrogen-bond acceptors (Lipinski definition) is 6. The van der Waals surface area contributed by atoms with Crippen LogP contribution < -0.4 is 5.32 Å². The van der Waals surface area contributed by atoms with Crippen LogP contribution in [0.3, 0.4) is 0 Å². The first-order chi connectivity index (χ1) is 15.7. The van der Waals surface area contributed by atoms with Gasteiger partial charge in [0, 0.05) is 60.4 Å². The molecule has 0 atom stereocenters. The highest BCUT2D eigenvalue weighted by atomic mass is 16.5. The zero-order valence-corrected chi connectivity index (χ0v) is 17.5. The van der Waals surface area contributed by atoms with Crippen LogP contribution in [0.15, 0.2) is 48.8 Å². The SMILES string of the molecule is O=C(c1ccc(-c2cc3nccn3c(Nc3cc(C4CC4)[nH]n3)n2)cc1)N1CCOCC1. The van der Waals surface area contributed by atoms with E-state index in [1.54, 1.807) is 6.20 Å². The van der Waals surface area contributed by atoms with Crippen molar-refractivity contribution < 1.29 is 9.53 Å². The summed E-state index contributed by atoms with van der Waals surface area (Å²) in [5, 5.41) is 10.8. The molecule has 1 aliphatic heterocycles. The van der Waals surface area contributed by atoms with Gasteiger partial charge >= 0.3 is 0 Å². The molecule has 0 unspecified atom stereocenters. The average Bonchev–Trinajstić information content (AvgIpc) is 3.39. The summed E-state index contributed by atoms with van der Waals surface area (Å²) >= 11 is 0. The van der Waals surface area contributed by atoms with E-state index in [0.717, 1.165) is 28.4 Å². The highest BCUT2D eigenvalue weighted by molar-refractivity contribution is 5.94. The smallest absolute Gasteiger partial charge is 0.254 e. The number of amides is 1. The minimum absolute atomic E-state index is 0.0314. The molecule has 1 amide bonds. The molecular formula is C23H23N7O2. The first-order valence-electron chi connectivity index (χ1n) is 10.9. The Hall–Kier alpha value is -3.72. The van der Waals surface area contributed by atoms with E-state index in [0.29, 0.717) is 43.7 Å². The van der Waals surface area contributed by atoms with E-state index in [9.17, 15) is 4.79 Å². The molecule has 0 radical (unpaired) electrons. The van der Waals surface area contributed by atoms with Gasteiger partial charge in [-0.1, -0.05) is 12.1 Å². The number of H-pyrrole nitrogens is 1. The lowest BCUT2D eigenvalue weighted by atomic mass is 10.1. The number of morpholine rings is 1. The topological polar surface area (TPSA) is 100 Å². The third kappa shape index (κ3) is 3.60. The summed E-state index contributed by atoms with van der Waals surface area (Å²) < 4.78 is 7.23. The van der Waals surface area contributed by atoms with Crippen molar-refractivity contribution in [1.29, 1.82) is 0 Å². The van der Waals surface area contributed by atoms with E-state index in [2.05, 4.69) is 20.5 Å². The Labute approximate surface area is 184 Å². The van der Waals surface area contributed by atoms with Gasteiger partial charge in [-0.2, -0.15) is 5.10 Å². The normalized spacial score (nSPS) is 16.4. The number of fused-ring (bicyclic) bond motifs is 1. The van der Waals surface area contributed by atoms with E-state index in [1.807, 2.05) is 51.9 Å². The van der Waals surface area contributed by atoms with Gasteiger partial charge in [-0.3, -0.25) is 14.3 Å². The molecule has 2 aliphatic rings. The zero-order chi connectivity index (χ0) is 21.5. The number of anilines is 2. The molecule has 162 valence electrons. The minimum atomic E-state index is 0.0314. The van der Waals surface area contributed by atoms with Crippen molar-refractivity contribution >= 4 is 23.3 Å². The van der Waals surface area contributed by atoms with E-state index in [4.69, 9.17) is 9.72 Å². The monoisotopic (exact) mass is 429 g/mol. The van der Waals surface area contributed by atoms with Crippen LogP contribution in [0.2, 0.25) is 0 Å². The van der Waals surface area contributed by atoms with Gasteiger partial charge < -0.3 is 15.0 Å². The molecule has 4 heterocycles. The second kappa shape index (κ2) is 7.76. The third-order valence-electron chi connectivity index (χ3n) is 5.97. The van der Waals surface area contributed by atoms with Crippen molar-refractivity contribution in [2.24, 2.45) is 0 Å². The number of nitrogens with one attached hydrogen (secondary N) is 2. The largest absolute Gasteiger partial charge is 0.378 e. The lowest BCUT2D eigenvalue weighted by Crippen LogP contribution is -2.40. The summed E-state index contributed by atoms with van der Waals surface area (Å²) in [5.74, 6) is 2.00. The zero-order valence-electron chi connectivity index (χ0n) is 17.5. The molecule has 4 aromatic rings. The number of carbonyl (C=O) groups excluding carboxylic acids is 1. The lowest BCUT2D eigenvalue weighted by molar-refractivity contribution is 0.0303. The maximum Gasteiger partial charge on any atom is 0.254 e. The number of nitrogens with zero attached hydrogens (tertiary/aromatic N) is 5. The number of imidazole rings is 1. The molecule has 2 N–H and O–H groups in total. The van der Waals surface area contributed by atoms with Gasteiger partial charge in [0.05, 0.1) is 18.9 Å². The number of rotatable bonds is 5. The van der Waals surface area contributed by atoms with E-state index in [-0.39, 0.29) is 5.91 Å². The van der Waals surface area contributed by atoms with Crippen molar-refractivity contribution in [3.8, 4) is 11.3 Å². The van der Waals surface area contributed by atoms with E-state index in [1.165, 1.54) is 12.8 Å². The summed E-state index contributed by atoms with van der Waals surface area (Å²) in [4.78, 5) is 23.8. The van der Waals surface area contributed by atoms with Crippen LogP contribution in [-0.4, -0.2) is 61.7 Å². The van der Waals surface area contributed by atoms with Crippen LogP contribution in [0.5, 0.6) is 0 Å². The molecule has 0 bridgehead atoms. The van der Waals surface area contributed by atoms with E-state index < -0.39 is 0 Å². The highest BCUT2D eigenvalue weighted by Gasteiger charge is 2.25. The van der Waals surface area contributed by atoms with Gasteiger partial charge in [-0.25, -0.2) is 9.97 Å². The van der Waals surface area contributed by atoms with Crippen LogP contribution in [0.4, 0.5) is 11.8 Å². The Morgan fingerprint density at radius 1 is 1.12 bits per heavy atom. The molecule has 2 fully saturated rings. The van der Waals surface area contributed by atoms with Gasteiger partial charge in [0.25, 0.3) is 5.91 Å². The van der Waals surface area contributed by atoms with Gasteiger partial charge in [-0.15, -0.1) is 0 Å². The molecular weight excluding hydrogens is 406 g/mol. The Morgan fingerprint density at radius 2 is 1.94 bits per heavy atom. The highest BCUT2D eigenvalue weighted by Crippen LogP contribution is 2.39. The fourth-order valence-electron chi connectivity index (χ4n) is 4.01. The number of carbonyl (C=O) groups is 1. The first-order valence-corrected chi connectivity index (χ1v) is 10.9. The van der Waals surface area contributed by atoms with Crippen LogP contribution >= 0.6 is 0 Å². The maximum absolute atomic E-state index is 12.7. The summed E-state index contributed by atoms with van der Waals surface area (Å²) in [7, 11) is 0. The van der Waals surface area contributed by atoms with Gasteiger partial charge in [0.2, 0.25) is 5.95 Å². The van der Waals surface area contributed by atoms with Crippen molar-refractivity contribution in [1.82, 2.24) is 29.5 Å². The number of aromatic amines is 1. The summed E-state index contributed by atoms with van der Waals surface area (Å²) in [5.41, 5.74) is 4.29. The molecule has 3 aromatic heterocycles. The van der Waals surface area contributed by atoms with Gasteiger partial charge in [0.15, 0.2) is 5.82 Å². The molecule has 0 spiro atoms. The second-order valence-corrected chi connectivity index (χ2v) is 8.21.